The van der Waals surface area contributed by atoms with Gasteiger partial charge in [0, 0.05) is 34.3 Å². The molecule has 1 aliphatic heterocycles. The number of nitrogens with zero attached hydrogens (tertiary/aromatic N) is 7. The predicted octanol–water partition coefficient (Wildman–Crippen LogP) is 5.73. The van der Waals surface area contributed by atoms with Crippen LogP contribution in [0.1, 0.15) is 95.5 Å². The Balaban J connectivity index is -0.0000000634. The summed E-state index contributed by atoms with van der Waals surface area (Å²) in [7, 11) is -1.26. The number of aromatic nitrogens is 6. The molecule has 20 heteroatoms. The van der Waals surface area contributed by atoms with E-state index in [2.05, 4.69) is 118 Å². The van der Waals surface area contributed by atoms with Gasteiger partial charge >= 0.3 is 58.3 Å². The number of aryl methyl sites for hydroxylation is 6. The summed E-state index contributed by atoms with van der Waals surface area (Å²) >= 11 is 13.2. The summed E-state index contributed by atoms with van der Waals surface area (Å²) in [6.45, 7) is 34.3. The van der Waals surface area contributed by atoms with E-state index in [1.807, 2.05) is 41.5 Å². The molecule has 0 aromatic carbocycles. The van der Waals surface area contributed by atoms with Gasteiger partial charge in [0.25, 0.3) is 0 Å². The molecule has 8 nitrogen and oxygen atoms in total. The van der Waals surface area contributed by atoms with Crippen LogP contribution < -0.4 is 0 Å². The SMILES string of the molecule is C1CCOC1.CC[N+](CC)(CC)CC.CC[S-].CC[S-].CC[S-].Cc1cc(C)n([BH-](n2nc(C)cc2C)n2nc(C)cc2C)n1.[Fe+2].[Fe+3].[Fe+3].[S-2].[S-2].[S-2].[Se-2].[W]. The molecular formula is C33H65BFe3N7OS6SeW-3. The fourth-order valence-corrected chi connectivity index (χ4v) is 5.12. The third kappa shape index (κ3) is 33.0. The van der Waals surface area contributed by atoms with Crippen LogP contribution in [0.25, 0.3) is 0 Å². The van der Waals surface area contributed by atoms with Gasteiger partial charge in [0.05, 0.1) is 43.3 Å². The second kappa shape index (κ2) is 48.8. The molecule has 0 saturated carbocycles. The van der Waals surface area contributed by atoms with E-state index in [1.165, 1.54) is 43.5 Å². The Bertz CT molecular complexity index is 1030. The van der Waals surface area contributed by atoms with Crippen LogP contribution in [-0.2, 0) is 155 Å². The first kappa shape index (κ1) is 79.6. The standard InChI is InChI=1S/C15H22BN6.C8H20N.C4H8O.3C2H6S.3Fe.3S.Se.W/c1-10-7-13(4)20(17-10)16(21-14(5)8-11(2)18-21)22-15(6)9-12(3)19-22;1-5-9(6-2,7-3)8-4;1-2-4-5-3-1;3*1-2-3;;;;;;;;/h7-9,16H,1-6H3;5-8H2,1-4H3;1-4H2;3*3H,2H2,1H3;;;;;;;;/q-1;+1;;;;;+2;2*+3;4*-2;/p-3. The molecule has 0 N–H and O–H groups in total. The number of rotatable bonds is 7. The number of quaternary nitrogens is 1. The van der Waals surface area contributed by atoms with Gasteiger partial charge in [-0.15, -0.1) is 0 Å². The van der Waals surface area contributed by atoms with Crippen molar-refractivity contribution in [2.75, 3.05) is 56.7 Å². The van der Waals surface area contributed by atoms with Gasteiger partial charge in [0.2, 0.25) is 0 Å². The molecule has 1 fully saturated rings. The zero-order valence-electron chi connectivity index (χ0n) is 34.1. The molecule has 0 spiro atoms. The molecule has 0 bridgehead atoms. The fraction of sp³-hybridized carbons (Fsp3) is 0.727. The van der Waals surface area contributed by atoms with Gasteiger partial charge in [-0.2, -0.15) is 17.3 Å². The van der Waals surface area contributed by atoms with Crippen molar-refractivity contribution in [2.45, 2.75) is 103 Å². The van der Waals surface area contributed by atoms with Crippen molar-refractivity contribution in [3.8, 4) is 0 Å². The largest absolute Gasteiger partial charge is 3.00 e. The molecule has 0 unspecified atom stereocenters. The second-order valence-corrected chi connectivity index (χ2v) is 12.7. The maximum Gasteiger partial charge on any atom is 3.00 e. The maximum atomic E-state index is 4.94. The Labute approximate surface area is 420 Å². The molecule has 0 aliphatic carbocycles. The molecule has 53 heavy (non-hydrogen) atoms. The van der Waals surface area contributed by atoms with E-state index in [1.54, 1.807) is 0 Å². The molecule has 0 atom stereocenters. The van der Waals surface area contributed by atoms with Crippen LogP contribution in [0.3, 0.4) is 0 Å². The van der Waals surface area contributed by atoms with Gasteiger partial charge < -0.3 is 118 Å². The predicted molar refractivity (Wildman–Crippen MR) is 232 cm³/mol. The summed E-state index contributed by atoms with van der Waals surface area (Å²) in [6, 6.07) is 6.28. The molecular weight excluding hydrogens is 1140 g/mol. The van der Waals surface area contributed by atoms with Gasteiger partial charge in [-0.1, -0.05) is 20.8 Å². The van der Waals surface area contributed by atoms with Crippen molar-refractivity contribution in [1.82, 2.24) is 29.1 Å². The van der Waals surface area contributed by atoms with E-state index in [9.17, 15) is 0 Å². The molecule has 3 aromatic heterocycles. The smallest absolute Gasteiger partial charge is 2.00 e. The van der Waals surface area contributed by atoms with Gasteiger partial charge in [0.1, 0.15) is 0 Å². The van der Waals surface area contributed by atoms with E-state index in [4.69, 9.17) is 20.0 Å². The van der Waals surface area contributed by atoms with Gasteiger partial charge in [-0.3, -0.25) is 0 Å². The molecule has 4 rings (SSSR count). The van der Waals surface area contributed by atoms with Crippen molar-refractivity contribution in [3.63, 3.8) is 0 Å². The average Bonchev–Trinajstić information content (AvgIpc) is 3.80. The van der Waals surface area contributed by atoms with E-state index >= 15 is 0 Å². The number of ether oxygens (including phenoxy) is 1. The maximum absolute atomic E-state index is 4.94. The molecule has 2 radical (unpaired) electrons. The summed E-state index contributed by atoms with van der Waals surface area (Å²) in [4.78, 5) is 0. The Hall–Kier alpha value is 2.48. The van der Waals surface area contributed by atoms with Crippen LogP contribution in [0.4, 0.5) is 0 Å². The average molecular weight is 1210 g/mol. The minimum absolute atomic E-state index is 0. The minimum atomic E-state index is -1.26. The van der Waals surface area contributed by atoms with Crippen LogP contribution in [0.15, 0.2) is 18.2 Å². The number of hydrogen-bond donors (Lipinski definition) is 0. The van der Waals surface area contributed by atoms with Crippen LogP contribution in [0, 0.1) is 41.5 Å². The monoisotopic (exact) mass is 1210 g/mol. The quantitative estimate of drug-likeness (QED) is 0.171. The Kier molecular flexibility index (Phi) is 73.4. The Morgan fingerprint density at radius 1 is 0.585 bits per heavy atom. The third-order valence-electron chi connectivity index (χ3n) is 7.62. The first-order chi connectivity index (χ1) is 21.3. The fourth-order valence-electron chi connectivity index (χ4n) is 5.12. The van der Waals surface area contributed by atoms with Crippen LogP contribution in [0.5, 0.6) is 0 Å². The topological polar surface area (TPSA) is 62.7 Å². The summed E-state index contributed by atoms with van der Waals surface area (Å²) in [5.41, 5.74) is 6.40. The first-order valence-electron chi connectivity index (χ1n) is 16.8. The summed E-state index contributed by atoms with van der Waals surface area (Å²) in [6.07, 6.45) is 2.56. The normalized spacial score (nSPS) is 10.1. The van der Waals surface area contributed by atoms with E-state index in [-0.39, 0.29) is 130 Å². The second-order valence-electron chi connectivity index (χ2n) is 11.0. The van der Waals surface area contributed by atoms with E-state index in [0.717, 1.165) is 64.6 Å². The number of hydrogen-bond acceptors (Lipinski definition) is 7. The van der Waals surface area contributed by atoms with Crippen molar-refractivity contribution in [1.29, 1.82) is 0 Å². The van der Waals surface area contributed by atoms with Crippen molar-refractivity contribution in [3.05, 3.63) is 52.4 Å². The van der Waals surface area contributed by atoms with Crippen LogP contribution >= 0.6 is 0 Å². The summed E-state index contributed by atoms with van der Waals surface area (Å²) in [5.74, 6) is 2.50. The first-order valence-corrected chi connectivity index (χ1v) is 18.5. The van der Waals surface area contributed by atoms with Crippen LogP contribution in [-0.4, -0.2) is 114 Å². The Morgan fingerprint density at radius 3 is 0.887 bits per heavy atom. The third-order valence-corrected chi connectivity index (χ3v) is 7.62. The zero-order chi connectivity index (χ0) is 35.0. The molecule has 0 amide bonds. The molecule has 316 valence electrons. The van der Waals surface area contributed by atoms with Crippen molar-refractivity contribution in [2.24, 2.45) is 0 Å². The van der Waals surface area contributed by atoms with Gasteiger partial charge in [-0.25, -0.2) is 15.3 Å². The van der Waals surface area contributed by atoms with Gasteiger partial charge in [-0.05, 0) is 117 Å². The van der Waals surface area contributed by atoms with Crippen molar-refractivity contribution < 1.29 is 81.5 Å². The minimum Gasteiger partial charge on any atom is -2.00 e. The van der Waals surface area contributed by atoms with Gasteiger partial charge in [0.15, 0.2) is 0 Å². The summed E-state index contributed by atoms with van der Waals surface area (Å²) < 4.78 is 12.4. The molecule has 3 aromatic rings. The van der Waals surface area contributed by atoms with Crippen LogP contribution in [0.2, 0.25) is 0 Å². The van der Waals surface area contributed by atoms with E-state index < -0.39 is 7.12 Å². The molecule has 1 aliphatic rings. The summed E-state index contributed by atoms with van der Waals surface area (Å²) in [5, 5.41) is 14.1. The van der Waals surface area contributed by atoms with E-state index in [0.29, 0.717) is 0 Å². The van der Waals surface area contributed by atoms with Crippen molar-refractivity contribution >= 4 is 103 Å². The zero-order valence-corrected chi connectivity index (χ0v) is 46.9. The Morgan fingerprint density at radius 2 is 0.792 bits per heavy atom. The molecule has 1 saturated heterocycles. The molecule has 4 heterocycles.